The van der Waals surface area contributed by atoms with Crippen molar-refractivity contribution in [1.29, 1.82) is 0 Å². The predicted octanol–water partition coefficient (Wildman–Crippen LogP) is 4.23. The lowest BCUT2D eigenvalue weighted by Gasteiger charge is -2.20. The van der Waals surface area contributed by atoms with Gasteiger partial charge in [-0.3, -0.25) is 0 Å². The maximum absolute atomic E-state index is 3.93. The van der Waals surface area contributed by atoms with Crippen molar-refractivity contribution in [2.24, 2.45) is 0 Å². The highest BCUT2D eigenvalue weighted by molar-refractivity contribution is 5.33. The van der Waals surface area contributed by atoms with Crippen LogP contribution in [0.4, 0.5) is 0 Å². The monoisotopic (exact) mass is 191 g/mol. The van der Waals surface area contributed by atoms with E-state index >= 15 is 0 Å². The molecule has 0 fully saturated rings. The van der Waals surface area contributed by atoms with Crippen molar-refractivity contribution in [3.8, 4) is 0 Å². The lowest BCUT2D eigenvalue weighted by molar-refractivity contribution is 0.635. The van der Waals surface area contributed by atoms with Gasteiger partial charge in [0.15, 0.2) is 0 Å². The molecule has 1 nitrogen and oxygen atoms in total. The molecule has 0 atom stereocenters. The molecule has 0 amide bonds. The first kappa shape index (κ1) is 12.8. The number of nitrogens with zero attached hydrogens (tertiary/aromatic N) is 1. The molecule has 0 saturated heterocycles. The van der Waals surface area contributed by atoms with Gasteiger partial charge >= 0.3 is 0 Å². The van der Waals surface area contributed by atoms with Gasteiger partial charge in [-0.2, -0.15) is 0 Å². The maximum Gasteiger partial charge on any atom is 0.0377 e. The fraction of sp³-hybridized carbons (Fsp3) is 0.385. The fourth-order valence-corrected chi connectivity index (χ4v) is 1.06. The van der Waals surface area contributed by atoms with Crippen LogP contribution in [0.2, 0.25) is 0 Å². The SMILES string of the molecule is C=C1C=CC(C)=CN1C=C(C)C.CC. The summed E-state index contributed by atoms with van der Waals surface area (Å²) in [5.74, 6) is 0. The Kier molecular flexibility index (Phi) is 5.70. The Bertz CT molecular complexity index is 276. The van der Waals surface area contributed by atoms with Crippen molar-refractivity contribution in [1.82, 2.24) is 4.90 Å². The quantitative estimate of drug-likeness (QED) is 0.599. The Hall–Kier alpha value is -1.24. The molecule has 1 aliphatic heterocycles. The first-order chi connectivity index (χ1) is 6.59. The van der Waals surface area contributed by atoms with Crippen LogP contribution in [0.1, 0.15) is 34.6 Å². The van der Waals surface area contributed by atoms with Crippen molar-refractivity contribution in [3.63, 3.8) is 0 Å². The second-order valence-electron chi connectivity index (χ2n) is 3.31. The van der Waals surface area contributed by atoms with Gasteiger partial charge < -0.3 is 4.90 Å². The minimum Gasteiger partial charge on any atom is -0.324 e. The molecule has 0 spiro atoms. The number of hydrogen-bond acceptors (Lipinski definition) is 1. The zero-order valence-corrected chi connectivity index (χ0v) is 9.96. The van der Waals surface area contributed by atoms with E-state index in [2.05, 4.69) is 45.8 Å². The lowest BCUT2D eigenvalue weighted by Crippen LogP contribution is -2.10. The molecule has 0 aromatic carbocycles. The molecule has 1 rings (SSSR count). The number of hydrogen-bond donors (Lipinski definition) is 0. The Morgan fingerprint density at radius 1 is 1.29 bits per heavy atom. The number of rotatable bonds is 1. The summed E-state index contributed by atoms with van der Waals surface area (Å²) in [6.45, 7) is 14.2. The highest BCUT2D eigenvalue weighted by Gasteiger charge is 2.02. The van der Waals surface area contributed by atoms with E-state index in [9.17, 15) is 0 Å². The second-order valence-corrected chi connectivity index (χ2v) is 3.31. The summed E-state index contributed by atoms with van der Waals surface area (Å²) < 4.78 is 0. The third-order valence-electron chi connectivity index (χ3n) is 1.61. The molecule has 14 heavy (non-hydrogen) atoms. The third kappa shape index (κ3) is 4.13. The van der Waals surface area contributed by atoms with Crippen LogP contribution in [-0.2, 0) is 0 Å². The Labute approximate surface area is 88.1 Å². The standard InChI is InChI=1S/C11H15N.C2H6/c1-9(2)7-12-8-10(3)5-6-11(12)4;1-2/h5-8H,4H2,1-3H3;1-2H3. The Morgan fingerprint density at radius 3 is 2.36 bits per heavy atom. The highest BCUT2D eigenvalue weighted by Crippen LogP contribution is 2.16. The van der Waals surface area contributed by atoms with Crippen LogP contribution in [-0.4, -0.2) is 4.90 Å². The molecule has 1 heteroatoms. The fourth-order valence-electron chi connectivity index (χ4n) is 1.06. The van der Waals surface area contributed by atoms with Gasteiger partial charge in [0.05, 0.1) is 0 Å². The van der Waals surface area contributed by atoms with Gasteiger partial charge in [0.2, 0.25) is 0 Å². The summed E-state index contributed by atoms with van der Waals surface area (Å²) in [5, 5.41) is 0. The van der Waals surface area contributed by atoms with E-state index in [-0.39, 0.29) is 0 Å². The minimum atomic E-state index is 1.02. The molecular weight excluding hydrogens is 170 g/mol. The Balaban J connectivity index is 0.000000791. The highest BCUT2D eigenvalue weighted by atomic mass is 15.1. The third-order valence-corrected chi connectivity index (χ3v) is 1.61. The van der Waals surface area contributed by atoms with Gasteiger partial charge in [0.25, 0.3) is 0 Å². The zero-order chi connectivity index (χ0) is 11.1. The van der Waals surface area contributed by atoms with E-state index in [1.165, 1.54) is 11.1 Å². The lowest BCUT2D eigenvalue weighted by atomic mass is 10.2. The molecule has 0 aromatic heterocycles. The van der Waals surface area contributed by atoms with Crippen molar-refractivity contribution < 1.29 is 0 Å². The molecular formula is C13H21N. The van der Waals surface area contributed by atoms with Crippen LogP contribution in [0, 0.1) is 0 Å². The van der Waals surface area contributed by atoms with Crippen LogP contribution < -0.4 is 0 Å². The molecule has 1 aliphatic rings. The van der Waals surface area contributed by atoms with Gasteiger partial charge in [-0.15, -0.1) is 0 Å². The van der Waals surface area contributed by atoms with E-state index < -0.39 is 0 Å². The molecule has 0 bridgehead atoms. The summed E-state index contributed by atoms with van der Waals surface area (Å²) in [4.78, 5) is 2.05. The average Bonchev–Trinajstić information content (AvgIpc) is 2.14. The van der Waals surface area contributed by atoms with Gasteiger partial charge in [-0.25, -0.2) is 0 Å². The average molecular weight is 191 g/mol. The zero-order valence-electron chi connectivity index (χ0n) is 9.96. The smallest absolute Gasteiger partial charge is 0.0377 e. The van der Waals surface area contributed by atoms with Crippen LogP contribution in [0.5, 0.6) is 0 Å². The van der Waals surface area contributed by atoms with Gasteiger partial charge in [0, 0.05) is 18.1 Å². The summed E-state index contributed by atoms with van der Waals surface area (Å²) in [6.07, 6.45) is 8.25. The summed E-state index contributed by atoms with van der Waals surface area (Å²) in [7, 11) is 0. The van der Waals surface area contributed by atoms with Crippen molar-refractivity contribution in [2.45, 2.75) is 34.6 Å². The largest absolute Gasteiger partial charge is 0.324 e. The molecule has 0 aliphatic carbocycles. The molecule has 0 aromatic rings. The van der Waals surface area contributed by atoms with Crippen molar-refractivity contribution in [2.75, 3.05) is 0 Å². The van der Waals surface area contributed by atoms with Crippen LogP contribution in [0.3, 0.4) is 0 Å². The molecule has 0 saturated carbocycles. The van der Waals surface area contributed by atoms with Crippen molar-refractivity contribution in [3.05, 3.63) is 48.0 Å². The maximum atomic E-state index is 3.93. The molecule has 1 heterocycles. The van der Waals surface area contributed by atoms with E-state index in [0.29, 0.717) is 0 Å². The molecule has 78 valence electrons. The van der Waals surface area contributed by atoms with E-state index in [4.69, 9.17) is 0 Å². The Morgan fingerprint density at radius 2 is 1.86 bits per heavy atom. The second kappa shape index (κ2) is 6.25. The van der Waals surface area contributed by atoms with Gasteiger partial charge in [-0.05, 0) is 32.4 Å². The van der Waals surface area contributed by atoms with Crippen LogP contribution >= 0.6 is 0 Å². The topological polar surface area (TPSA) is 3.24 Å². The number of allylic oxidation sites excluding steroid dienone is 4. The minimum absolute atomic E-state index is 1.02. The van der Waals surface area contributed by atoms with Crippen LogP contribution in [0.15, 0.2) is 48.0 Å². The predicted molar refractivity (Wildman–Crippen MR) is 64.7 cm³/mol. The van der Waals surface area contributed by atoms with Gasteiger partial charge in [-0.1, -0.05) is 32.1 Å². The van der Waals surface area contributed by atoms with E-state index in [1.54, 1.807) is 0 Å². The molecule has 0 radical (unpaired) electrons. The molecule has 0 unspecified atom stereocenters. The molecule has 0 N–H and O–H groups in total. The first-order valence-corrected chi connectivity index (χ1v) is 5.08. The normalized spacial score (nSPS) is 14.2. The van der Waals surface area contributed by atoms with E-state index in [0.717, 1.165) is 5.70 Å². The van der Waals surface area contributed by atoms with Crippen LogP contribution in [0.25, 0.3) is 0 Å². The van der Waals surface area contributed by atoms with Crippen molar-refractivity contribution >= 4 is 0 Å². The van der Waals surface area contributed by atoms with Gasteiger partial charge in [0.1, 0.15) is 0 Å². The summed E-state index contributed by atoms with van der Waals surface area (Å²) in [5.41, 5.74) is 3.54. The first-order valence-electron chi connectivity index (χ1n) is 5.08. The summed E-state index contributed by atoms with van der Waals surface area (Å²) in [6, 6.07) is 0. The summed E-state index contributed by atoms with van der Waals surface area (Å²) >= 11 is 0. The van der Waals surface area contributed by atoms with E-state index in [1.807, 2.05) is 24.8 Å².